The maximum Gasteiger partial charge on any atom is 0.333 e. The SMILES string of the molecule is C=C(Cc1ccc(C(C)C)cc1)C(=O)OCC. The van der Waals surface area contributed by atoms with Crippen LogP contribution < -0.4 is 0 Å². The smallest absolute Gasteiger partial charge is 0.333 e. The predicted octanol–water partition coefficient (Wildman–Crippen LogP) is 3.47. The molecule has 0 spiro atoms. The molecule has 0 bridgehead atoms. The van der Waals surface area contributed by atoms with Crippen molar-refractivity contribution in [3.8, 4) is 0 Å². The Morgan fingerprint density at radius 2 is 1.88 bits per heavy atom. The van der Waals surface area contributed by atoms with Gasteiger partial charge in [-0.05, 0) is 24.0 Å². The lowest BCUT2D eigenvalue weighted by atomic mass is 9.99. The number of carbonyl (C=O) groups excluding carboxylic acids is 1. The summed E-state index contributed by atoms with van der Waals surface area (Å²) in [6.45, 7) is 10.3. The van der Waals surface area contributed by atoms with Gasteiger partial charge in [-0.1, -0.05) is 44.7 Å². The summed E-state index contributed by atoms with van der Waals surface area (Å²) in [5.41, 5.74) is 2.90. The van der Waals surface area contributed by atoms with E-state index >= 15 is 0 Å². The van der Waals surface area contributed by atoms with Gasteiger partial charge in [0.25, 0.3) is 0 Å². The van der Waals surface area contributed by atoms with Crippen molar-refractivity contribution in [1.29, 1.82) is 0 Å². The van der Waals surface area contributed by atoms with Crippen LogP contribution in [0.1, 0.15) is 37.8 Å². The molecule has 0 heterocycles. The lowest BCUT2D eigenvalue weighted by molar-refractivity contribution is -0.138. The molecule has 1 rings (SSSR count). The predicted molar refractivity (Wildman–Crippen MR) is 70.0 cm³/mol. The van der Waals surface area contributed by atoms with E-state index < -0.39 is 0 Å². The van der Waals surface area contributed by atoms with Crippen molar-refractivity contribution in [2.24, 2.45) is 0 Å². The van der Waals surface area contributed by atoms with E-state index in [-0.39, 0.29) is 5.97 Å². The maximum atomic E-state index is 11.4. The first-order valence-electron chi connectivity index (χ1n) is 5.98. The molecule has 0 aromatic heterocycles. The number of hydrogen-bond donors (Lipinski definition) is 0. The average Bonchev–Trinajstić information content (AvgIpc) is 2.30. The number of ether oxygens (including phenoxy) is 1. The highest BCUT2D eigenvalue weighted by molar-refractivity contribution is 5.88. The maximum absolute atomic E-state index is 11.4. The minimum absolute atomic E-state index is 0.305. The molecule has 0 unspecified atom stereocenters. The van der Waals surface area contributed by atoms with Crippen molar-refractivity contribution in [2.75, 3.05) is 6.61 Å². The Hall–Kier alpha value is -1.57. The van der Waals surface area contributed by atoms with Crippen molar-refractivity contribution in [2.45, 2.75) is 33.1 Å². The number of rotatable bonds is 5. The molecule has 0 aliphatic rings. The van der Waals surface area contributed by atoms with Crippen LogP contribution in [0.3, 0.4) is 0 Å². The zero-order valence-corrected chi connectivity index (χ0v) is 10.8. The van der Waals surface area contributed by atoms with Gasteiger partial charge >= 0.3 is 5.97 Å². The van der Waals surface area contributed by atoms with E-state index in [1.165, 1.54) is 5.56 Å². The Kier molecular flexibility index (Phi) is 4.95. The van der Waals surface area contributed by atoms with Crippen molar-refractivity contribution in [3.05, 3.63) is 47.5 Å². The van der Waals surface area contributed by atoms with Gasteiger partial charge in [0, 0.05) is 12.0 Å². The van der Waals surface area contributed by atoms with Gasteiger partial charge in [-0.25, -0.2) is 4.79 Å². The molecule has 17 heavy (non-hydrogen) atoms. The second-order valence-electron chi connectivity index (χ2n) is 4.40. The van der Waals surface area contributed by atoms with E-state index in [1.807, 2.05) is 12.1 Å². The molecule has 2 heteroatoms. The third kappa shape index (κ3) is 4.06. The molecule has 0 N–H and O–H groups in total. The van der Waals surface area contributed by atoms with Crippen LogP contribution in [0.5, 0.6) is 0 Å². The summed E-state index contributed by atoms with van der Waals surface area (Å²) >= 11 is 0. The van der Waals surface area contributed by atoms with E-state index in [9.17, 15) is 4.79 Å². The van der Waals surface area contributed by atoms with Crippen molar-refractivity contribution >= 4 is 5.97 Å². The summed E-state index contributed by atoms with van der Waals surface area (Å²) in [6, 6.07) is 8.27. The van der Waals surface area contributed by atoms with Gasteiger partial charge in [0.1, 0.15) is 0 Å². The van der Waals surface area contributed by atoms with E-state index in [0.717, 1.165) is 5.56 Å². The van der Waals surface area contributed by atoms with Crippen LogP contribution in [0.4, 0.5) is 0 Å². The average molecular weight is 232 g/mol. The van der Waals surface area contributed by atoms with Gasteiger partial charge < -0.3 is 4.74 Å². The zero-order valence-electron chi connectivity index (χ0n) is 10.8. The van der Waals surface area contributed by atoms with Gasteiger partial charge in [-0.3, -0.25) is 0 Å². The number of hydrogen-bond acceptors (Lipinski definition) is 2. The Morgan fingerprint density at radius 3 is 2.35 bits per heavy atom. The number of carbonyl (C=O) groups is 1. The molecule has 0 aliphatic heterocycles. The molecule has 0 atom stereocenters. The van der Waals surface area contributed by atoms with Crippen LogP contribution in [0.25, 0.3) is 0 Å². The van der Waals surface area contributed by atoms with E-state index in [2.05, 4.69) is 32.6 Å². The highest BCUT2D eigenvalue weighted by Gasteiger charge is 2.08. The van der Waals surface area contributed by atoms with E-state index in [0.29, 0.717) is 24.5 Å². The Bertz CT molecular complexity index is 388. The summed E-state index contributed by atoms with van der Waals surface area (Å²) in [6.07, 6.45) is 0.553. The van der Waals surface area contributed by atoms with Gasteiger partial charge in [0.15, 0.2) is 0 Å². The Labute approximate surface area is 103 Å². The lowest BCUT2D eigenvalue weighted by Crippen LogP contribution is -2.08. The summed E-state index contributed by atoms with van der Waals surface area (Å²) in [7, 11) is 0. The van der Waals surface area contributed by atoms with Crippen molar-refractivity contribution in [1.82, 2.24) is 0 Å². The molecule has 92 valence electrons. The first-order chi connectivity index (χ1) is 8.04. The molecule has 0 fully saturated rings. The van der Waals surface area contributed by atoms with Crippen LogP contribution in [-0.4, -0.2) is 12.6 Å². The quantitative estimate of drug-likeness (QED) is 0.574. The lowest BCUT2D eigenvalue weighted by Gasteiger charge is -2.08. The van der Waals surface area contributed by atoms with Crippen LogP contribution in [0, 0.1) is 0 Å². The fourth-order valence-electron chi connectivity index (χ4n) is 1.57. The fraction of sp³-hybridized carbons (Fsp3) is 0.400. The molecule has 1 aromatic carbocycles. The Morgan fingerprint density at radius 1 is 1.29 bits per heavy atom. The monoisotopic (exact) mass is 232 g/mol. The molecular formula is C15H20O2. The summed E-state index contributed by atoms with van der Waals surface area (Å²) < 4.78 is 4.90. The molecule has 0 saturated carbocycles. The number of benzene rings is 1. The molecule has 0 amide bonds. The Balaban J connectivity index is 2.63. The van der Waals surface area contributed by atoms with Crippen LogP contribution >= 0.6 is 0 Å². The zero-order chi connectivity index (χ0) is 12.8. The first-order valence-corrected chi connectivity index (χ1v) is 5.98. The molecule has 0 radical (unpaired) electrons. The van der Waals surface area contributed by atoms with Crippen LogP contribution in [0.2, 0.25) is 0 Å². The highest BCUT2D eigenvalue weighted by Crippen LogP contribution is 2.16. The number of esters is 1. The van der Waals surface area contributed by atoms with Gasteiger partial charge in [0.05, 0.1) is 6.61 Å². The summed E-state index contributed by atoms with van der Waals surface area (Å²) in [5, 5.41) is 0. The second kappa shape index (κ2) is 6.24. The topological polar surface area (TPSA) is 26.3 Å². The third-order valence-electron chi connectivity index (χ3n) is 2.63. The highest BCUT2D eigenvalue weighted by atomic mass is 16.5. The van der Waals surface area contributed by atoms with E-state index in [4.69, 9.17) is 4.74 Å². The van der Waals surface area contributed by atoms with E-state index in [1.54, 1.807) is 6.92 Å². The molecular weight excluding hydrogens is 212 g/mol. The molecule has 0 aliphatic carbocycles. The molecule has 1 aromatic rings. The molecule has 0 saturated heterocycles. The normalized spacial score (nSPS) is 10.4. The third-order valence-corrected chi connectivity index (χ3v) is 2.63. The molecule has 2 nitrogen and oxygen atoms in total. The van der Waals surface area contributed by atoms with Crippen LogP contribution in [-0.2, 0) is 16.0 Å². The minimum atomic E-state index is -0.305. The van der Waals surface area contributed by atoms with Gasteiger partial charge in [-0.15, -0.1) is 0 Å². The largest absolute Gasteiger partial charge is 0.463 e. The van der Waals surface area contributed by atoms with Gasteiger partial charge in [-0.2, -0.15) is 0 Å². The van der Waals surface area contributed by atoms with Crippen LogP contribution in [0.15, 0.2) is 36.4 Å². The van der Waals surface area contributed by atoms with Gasteiger partial charge in [0.2, 0.25) is 0 Å². The minimum Gasteiger partial charge on any atom is -0.463 e. The van der Waals surface area contributed by atoms with Crippen molar-refractivity contribution < 1.29 is 9.53 Å². The fourth-order valence-corrected chi connectivity index (χ4v) is 1.57. The van der Waals surface area contributed by atoms with Crippen molar-refractivity contribution in [3.63, 3.8) is 0 Å². The standard InChI is InChI=1S/C15H20O2/c1-5-17-15(16)12(4)10-13-6-8-14(9-7-13)11(2)3/h6-9,11H,4-5,10H2,1-3H3. The first kappa shape index (κ1) is 13.5. The second-order valence-corrected chi connectivity index (χ2v) is 4.40. The summed E-state index contributed by atoms with van der Waals surface area (Å²) in [5.74, 6) is 0.220. The summed E-state index contributed by atoms with van der Waals surface area (Å²) in [4.78, 5) is 11.4.